The Hall–Kier alpha value is -2.75. The number of carbonyl (C=O) groups excluding carboxylic acids is 1. The summed E-state index contributed by atoms with van der Waals surface area (Å²) in [6, 6.07) is 12.5. The van der Waals surface area contributed by atoms with Gasteiger partial charge in [0.05, 0.1) is 0 Å². The van der Waals surface area contributed by atoms with Gasteiger partial charge in [-0.05, 0) is 48.4 Å². The Morgan fingerprint density at radius 1 is 1.00 bits per heavy atom. The van der Waals surface area contributed by atoms with Crippen LogP contribution in [-0.2, 0) is 4.79 Å². The first-order chi connectivity index (χ1) is 9.45. The van der Waals surface area contributed by atoms with Gasteiger partial charge in [-0.2, -0.15) is 0 Å². The molecule has 2 aromatic carbocycles. The second-order valence-corrected chi connectivity index (χ2v) is 4.58. The molecule has 0 atom stereocenters. The van der Waals surface area contributed by atoms with Gasteiger partial charge in [-0.1, -0.05) is 18.7 Å². The quantitative estimate of drug-likeness (QED) is 0.388. The van der Waals surface area contributed by atoms with Gasteiger partial charge in [0.15, 0.2) is 0 Å². The van der Waals surface area contributed by atoms with Crippen LogP contribution < -0.4 is 16.2 Å². The van der Waals surface area contributed by atoms with Crippen LogP contribution in [0.2, 0.25) is 0 Å². The van der Waals surface area contributed by atoms with Gasteiger partial charge in [0.25, 0.3) is 0 Å². The number of esters is 1. The van der Waals surface area contributed by atoms with Crippen LogP contribution in [0.4, 0.5) is 11.4 Å². The molecule has 0 heterocycles. The van der Waals surface area contributed by atoms with Crippen LogP contribution in [0.1, 0.15) is 6.92 Å². The fourth-order valence-electron chi connectivity index (χ4n) is 1.75. The van der Waals surface area contributed by atoms with Gasteiger partial charge in [-0.25, -0.2) is 4.79 Å². The Bertz CT molecular complexity index is 640. The summed E-state index contributed by atoms with van der Waals surface area (Å²) in [5.41, 5.74) is 15.0. The molecule has 4 heteroatoms. The summed E-state index contributed by atoms with van der Waals surface area (Å²) in [5.74, 6) is 0.0320. The number of rotatable bonds is 3. The molecule has 102 valence electrons. The molecule has 20 heavy (non-hydrogen) atoms. The SMILES string of the molecule is C=C(C)C(=O)Oc1ccc(-c2cc(N)cc(N)c2)cc1. The van der Waals surface area contributed by atoms with Crippen molar-refractivity contribution in [2.75, 3.05) is 11.5 Å². The lowest BCUT2D eigenvalue weighted by molar-refractivity contribution is -0.130. The average molecular weight is 268 g/mol. The van der Waals surface area contributed by atoms with Crippen LogP contribution in [-0.4, -0.2) is 5.97 Å². The highest BCUT2D eigenvalue weighted by atomic mass is 16.5. The lowest BCUT2D eigenvalue weighted by Gasteiger charge is -2.07. The molecule has 4 nitrogen and oxygen atoms in total. The molecular weight excluding hydrogens is 252 g/mol. The third kappa shape index (κ3) is 3.17. The van der Waals surface area contributed by atoms with Gasteiger partial charge in [0.1, 0.15) is 5.75 Å². The van der Waals surface area contributed by atoms with Crippen molar-refractivity contribution in [3.63, 3.8) is 0 Å². The third-order valence-corrected chi connectivity index (χ3v) is 2.72. The highest BCUT2D eigenvalue weighted by Gasteiger charge is 2.06. The minimum atomic E-state index is -0.439. The molecule has 0 saturated heterocycles. The summed E-state index contributed by atoms with van der Waals surface area (Å²) in [6.45, 7) is 5.14. The number of nitrogens with two attached hydrogens (primary N) is 2. The Labute approximate surface area is 117 Å². The smallest absolute Gasteiger partial charge is 0.338 e. The zero-order chi connectivity index (χ0) is 14.7. The first-order valence-corrected chi connectivity index (χ1v) is 6.10. The molecule has 4 N–H and O–H groups in total. The van der Waals surface area contributed by atoms with E-state index in [-0.39, 0.29) is 0 Å². The van der Waals surface area contributed by atoms with Crippen LogP contribution in [0, 0.1) is 0 Å². The summed E-state index contributed by atoms with van der Waals surface area (Å²) >= 11 is 0. The van der Waals surface area contributed by atoms with Crippen LogP contribution >= 0.6 is 0 Å². The molecule has 0 fully saturated rings. The summed E-state index contributed by atoms with van der Waals surface area (Å²) < 4.78 is 5.13. The van der Waals surface area contributed by atoms with E-state index in [1.807, 2.05) is 24.3 Å². The van der Waals surface area contributed by atoms with Crippen molar-refractivity contribution in [1.82, 2.24) is 0 Å². The number of benzene rings is 2. The zero-order valence-electron chi connectivity index (χ0n) is 11.2. The zero-order valence-corrected chi connectivity index (χ0v) is 11.2. The van der Waals surface area contributed by atoms with Gasteiger partial charge < -0.3 is 16.2 Å². The van der Waals surface area contributed by atoms with E-state index in [0.29, 0.717) is 22.7 Å². The molecule has 0 saturated carbocycles. The fourth-order valence-corrected chi connectivity index (χ4v) is 1.75. The molecule has 0 unspecified atom stereocenters. The van der Waals surface area contributed by atoms with Crippen LogP contribution in [0.3, 0.4) is 0 Å². The summed E-state index contributed by atoms with van der Waals surface area (Å²) in [6.07, 6.45) is 0. The number of ether oxygens (including phenoxy) is 1. The lowest BCUT2D eigenvalue weighted by atomic mass is 10.0. The molecule has 0 radical (unpaired) electrons. The number of anilines is 2. The molecule has 0 amide bonds. The molecule has 0 aromatic heterocycles. The van der Waals surface area contributed by atoms with E-state index in [0.717, 1.165) is 11.1 Å². The molecular formula is C16H16N2O2. The van der Waals surface area contributed by atoms with Crippen LogP contribution in [0.15, 0.2) is 54.6 Å². The molecule has 2 aromatic rings. The van der Waals surface area contributed by atoms with E-state index in [2.05, 4.69) is 6.58 Å². The Kier molecular flexibility index (Phi) is 3.75. The normalized spacial score (nSPS) is 10.1. The van der Waals surface area contributed by atoms with E-state index < -0.39 is 5.97 Å². The van der Waals surface area contributed by atoms with Crippen molar-refractivity contribution in [2.45, 2.75) is 6.92 Å². The predicted octanol–water partition coefficient (Wildman–Crippen LogP) is 3.00. The average Bonchev–Trinajstić information content (AvgIpc) is 2.38. The summed E-state index contributed by atoms with van der Waals surface area (Å²) in [5, 5.41) is 0. The summed E-state index contributed by atoms with van der Waals surface area (Å²) in [4.78, 5) is 11.4. The summed E-state index contributed by atoms with van der Waals surface area (Å²) in [7, 11) is 0. The molecule has 0 bridgehead atoms. The van der Waals surface area contributed by atoms with Crippen molar-refractivity contribution >= 4 is 17.3 Å². The monoisotopic (exact) mass is 268 g/mol. The largest absolute Gasteiger partial charge is 0.423 e. The minimum Gasteiger partial charge on any atom is -0.423 e. The van der Waals surface area contributed by atoms with Gasteiger partial charge in [0, 0.05) is 16.9 Å². The Morgan fingerprint density at radius 3 is 2.05 bits per heavy atom. The lowest BCUT2D eigenvalue weighted by Crippen LogP contribution is -2.07. The maximum absolute atomic E-state index is 11.4. The second-order valence-electron chi connectivity index (χ2n) is 4.58. The number of nitrogen functional groups attached to an aromatic ring is 2. The van der Waals surface area contributed by atoms with Gasteiger partial charge >= 0.3 is 5.97 Å². The molecule has 0 aliphatic rings. The predicted molar refractivity (Wildman–Crippen MR) is 81.2 cm³/mol. The first-order valence-electron chi connectivity index (χ1n) is 6.10. The number of hydrogen-bond acceptors (Lipinski definition) is 4. The van der Waals surface area contributed by atoms with E-state index in [1.165, 1.54) is 0 Å². The molecule has 0 aliphatic heterocycles. The molecule has 0 aliphatic carbocycles. The van der Waals surface area contributed by atoms with Gasteiger partial charge in [-0.15, -0.1) is 0 Å². The number of hydrogen-bond donors (Lipinski definition) is 2. The molecule has 2 rings (SSSR count). The van der Waals surface area contributed by atoms with Crippen molar-refractivity contribution in [2.24, 2.45) is 0 Å². The maximum atomic E-state index is 11.4. The molecule has 0 spiro atoms. The van der Waals surface area contributed by atoms with Crippen molar-refractivity contribution in [3.8, 4) is 16.9 Å². The van der Waals surface area contributed by atoms with Crippen molar-refractivity contribution in [1.29, 1.82) is 0 Å². The third-order valence-electron chi connectivity index (χ3n) is 2.72. The van der Waals surface area contributed by atoms with Crippen molar-refractivity contribution in [3.05, 3.63) is 54.6 Å². The second kappa shape index (κ2) is 5.48. The first kappa shape index (κ1) is 13.7. The van der Waals surface area contributed by atoms with Crippen molar-refractivity contribution < 1.29 is 9.53 Å². The Morgan fingerprint density at radius 2 is 1.55 bits per heavy atom. The Balaban J connectivity index is 2.23. The standard InChI is InChI=1S/C16H16N2O2/c1-10(2)16(19)20-15-5-3-11(4-6-15)12-7-13(17)9-14(18)8-12/h3-9H,1,17-18H2,2H3. The van der Waals surface area contributed by atoms with E-state index in [9.17, 15) is 4.79 Å². The van der Waals surface area contributed by atoms with Crippen LogP contribution in [0.5, 0.6) is 5.75 Å². The minimum absolute atomic E-state index is 0.359. The van der Waals surface area contributed by atoms with Crippen LogP contribution in [0.25, 0.3) is 11.1 Å². The highest BCUT2D eigenvalue weighted by Crippen LogP contribution is 2.26. The maximum Gasteiger partial charge on any atom is 0.338 e. The topological polar surface area (TPSA) is 78.3 Å². The number of carbonyl (C=O) groups is 1. The van der Waals surface area contributed by atoms with Gasteiger partial charge in [-0.3, -0.25) is 0 Å². The van der Waals surface area contributed by atoms with E-state index in [1.54, 1.807) is 25.1 Å². The van der Waals surface area contributed by atoms with E-state index >= 15 is 0 Å². The highest BCUT2D eigenvalue weighted by molar-refractivity contribution is 5.88. The van der Waals surface area contributed by atoms with E-state index in [4.69, 9.17) is 16.2 Å². The van der Waals surface area contributed by atoms with Gasteiger partial charge in [0.2, 0.25) is 0 Å². The fraction of sp³-hybridized carbons (Fsp3) is 0.0625.